The highest BCUT2D eigenvalue weighted by molar-refractivity contribution is 6.30. The Labute approximate surface area is 125 Å². The van der Waals surface area contributed by atoms with Crippen LogP contribution in [-0.4, -0.2) is 17.1 Å². The first-order valence-corrected chi connectivity index (χ1v) is 6.54. The lowest BCUT2D eigenvalue weighted by Crippen LogP contribution is -2.06. The van der Waals surface area contributed by atoms with E-state index in [0.717, 1.165) is 5.56 Å². The van der Waals surface area contributed by atoms with Crippen molar-refractivity contribution in [3.63, 3.8) is 0 Å². The van der Waals surface area contributed by atoms with Crippen molar-refractivity contribution in [3.8, 4) is 0 Å². The smallest absolute Gasteiger partial charge is 0.224 e. The summed E-state index contributed by atoms with van der Waals surface area (Å²) >= 11 is 11.6. The van der Waals surface area contributed by atoms with Gasteiger partial charge in [0.15, 0.2) is 0 Å². The zero-order valence-corrected chi connectivity index (χ0v) is 12.2. The molecule has 0 aliphatic carbocycles. The molecule has 2 rings (SSSR count). The fraction of sp³-hybridized carbons (Fsp3) is 0.231. The molecule has 0 radical (unpaired) electrons. The van der Waals surface area contributed by atoms with Gasteiger partial charge in [0.2, 0.25) is 5.95 Å². The van der Waals surface area contributed by atoms with Gasteiger partial charge in [0.05, 0.1) is 17.3 Å². The highest BCUT2D eigenvalue weighted by Gasteiger charge is 2.05. The third-order valence-corrected chi connectivity index (χ3v) is 2.96. The van der Waals surface area contributed by atoms with E-state index in [9.17, 15) is 4.39 Å². The molecular formula is C13H12Cl2FN3O. The van der Waals surface area contributed by atoms with Crippen LogP contribution in [0.5, 0.6) is 0 Å². The van der Waals surface area contributed by atoms with E-state index >= 15 is 0 Å². The van der Waals surface area contributed by atoms with Gasteiger partial charge in [-0.15, -0.1) is 0 Å². The second kappa shape index (κ2) is 6.83. The highest BCUT2D eigenvalue weighted by Crippen LogP contribution is 2.17. The normalized spacial score (nSPS) is 10.6. The van der Waals surface area contributed by atoms with Crippen LogP contribution in [0.3, 0.4) is 0 Å². The van der Waals surface area contributed by atoms with Gasteiger partial charge >= 0.3 is 0 Å². The van der Waals surface area contributed by atoms with Crippen LogP contribution in [0, 0.1) is 5.82 Å². The van der Waals surface area contributed by atoms with Gasteiger partial charge in [-0.25, -0.2) is 14.4 Å². The Kier molecular flexibility index (Phi) is 5.11. The van der Waals surface area contributed by atoms with E-state index in [-0.39, 0.29) is 5.02 Å². The number of aromatic nitrogens is 2. The molecule has 0 saturated heterocycles. The third-order valence-electron chi connectivity index (χ3n) is 2.47. The SMILES string of the molecule is COCc1cc(Cl)nc(NCc2ccc(F)c(Cl)c2)n1. The Balaban J connectivity index is 2.08. The second-order valence-electron chi connectivity index (χ2n) is 4.04. The van der Waals surface area contributed by atoms with Crippen LogP contribution in [0.4, 0.5) is 10.3 Å². The standard InChI is InChI=1S/C13H12Cl2FN3O/c1-20-7-9-5-12(15)19-13(18-9)17-6-8-2-3-11(16)10(14)4-8/h2-5H,6-7H2,1H3,(H,17,18,19). The van der Waals surface area contributed by atoms with Gasteiger partial charge in [0, 0.05) is 13.7 Å². The summed E-state index contributed by atoms with van der Waals surface area (Å²) in [6.45, 7) is 0.756. The predicted molar refractivity (Wildman–Crippen MR) is 76.5 cm³/mol. The van der Waals surface area contributed by atoms with E-state index in [0.29, 0.717) is 29.9 Å². The van der Waals surface area contributed by atoms with Crippen molar-refractivity contribution in [3.05, 3.63) is 51.5 Å². The molecule has 4 nitrogen and oxygen atoms in total. The molecule has 0 aliphatic heterocycles. The molecule has 1 aromatic heterocycles. The van der Waals surface area contributed by atoms with Crippen molar-refractivity contribution in [1.29, 1.82) is 0 Å². The molecule has 0 atom stereocenters. The first-order valence-electron chi connectivity index (χ1n) is 5.78. The van der Waals surface area contributed by atoms with Gasteiger partial charge in [0.25, 0.3) is 0 Å². The monoisotopic (exact) mass is 315 g/mol. The average Bonchev–Trinajstić information content (AvgIpc) is 2.40. The molecule has 0 unspecified atom stereocenters. The number of ether oxygens (including phenoxy) is 1. The molecule has 0 spiro atoms. The number of hydrogen-bond donors (Lipinski definition) is 1. The Bertz CT molecular complexity index is 610. The second-order valence-corrected chi connectivity index (χ2v) is 4.84. The lowest BCUT2D eigenvalue weighted by molar-refractivity contribution is 0.181. The number of anilines is 1. The molecule has 20 heavy (non-hydrogen) atoms. The lowest BCUT2D eigenvalue weighted by Gasteiger charge is -2.08. The summed E-state index contributed by atoms with van der Waals surface area (Å²) < 4.78 is 18.0. The Hall–Kier alpha value is -1.43. The maximum Gasteiger partial charge on any atom is 0.224 e. The van der Waals surface area contributed by atoms with Gasteiger partial charge in [-0.1, -0.05) is 29.3 Å². The molecule has 1 heterocycles. The zero-order valence-electron chi connectivity index (χ0n) is 10.7. The molecule has 106 valence electrons. The summed E-state index contributed by atoms with van der Waals surface area (Å²) in [5, 5.41) is 3.41. The number of nitrogens with zero attached hydrogens (tertiary/aromatic N) is 2. The van der Waals surface area contributed by atoms with Crippen molar-refractivity contribution < 1.29 is 9.13 Å². The van der Waals surface area contributed by atoms with Crippen LogP contribution >= 0.6 is 23.2 Å². The topological polar surface area (TPSA) is 47.0 Å². The minimum Gasteiger partial charge on any atom is -0.378 e. The summed E-state index contributed by atoms with van der Waals surface area (Å²) in [5.41, 5.74) is 1.49. The summed E-state index contributed by atoms with van der Waals surface area (Å²) in [6, 6.07) is 6.12. The molecular weight excluding hydrogens is 304 g/mol. The van der Waals surface area contributed by atoms with E-state index < -0.39 is 5.82 Å². The van der Waals surface area contributed by atoms with Gasteiger partial charge in [-0.05, 0) is 23.8 Å². The van der Waals surface area contributed by atoms with Crippen molar-refractivity contribution in [2.45, 2.75) is 13.2 Å². The van der Waals surface area contributed by atoms with Gasteiger partial charge in [-0.2, -0.15) is 0 Å². The fourth-order valence-corrected chi connectivity index (χ4v) is 2.00. The van der Waals surface area contributed by atoms with E-state index in [1.807, 2.05) is 0 Å². The molecule has 0 bridgehead atoms. The summed E-state index contributed by atoms with van der Waals surface area (Å²) in [4.78, 5) is 8.29. The predicted octanol–water partition coefficient (Wildman–Crippen LogP) is 3.68. The van der Waals surface area contributed by atoms with Gasteiger partial charge in [-0.3, -0.25) is 0 Å². The first kappa shape index (κ1) is 15.0. The van der Waals surface area contributed by atoms with E-state index in [1.165, 1.54) is 6.07 Å². The number of rotatable bonds is 5. The minimum atomic E-state index is -0.447. The zero-order chi connectivity index (χ0) is 14.5. The van der Waals surface area contributed by atoms with Crippen LogP contribution in [-0.2, 0) is 17.9 Å². The Morgan fingerprint density at radius 2 is 2.05 bits per heavy atom. The van der Waals surface area contributed by atoms with Crippen LogP contribution in [0.1, 0.15) is 11.3 Å². The molecule has 1 aromatic carbocycles. The van der Waals surface area contributed by atoms with Crippen LogP contribution in [0.2, 0.25) is 10.2 Å². The van der Waals surface area contributed by atoms with Crippen LogP contribution in [0.25, 0.3) is 0 Å². The quantitative estimate of drug-likeness (QED) is 0.855. The Morgan fingerprint density at radius 3 is 2.75 bits per heavy atom. The summed E-state index contributed by atoms with van der Waals surface area (Å²) in [7, 11) is 1.57. The minimum absolute atomic E-state index is 0.0800. The third kappa shape index (κ3) is 4.03. The van der Waals surface area contributed by atoms with E-state index in [4.69, 9.17) is 27.9 Å². The van der Waals surface area contributed by atoms with E-state index in [2.05, 4.69) is 15.3 Å². The first-order chi connectivity index (χ1) is 9.58. The maximum absolute atomic E-state index is 13.0. The number of methoxy groups -OCH3 is 1. The molecule has 1 N–H and O–H groups in total. The number of nitrogens with one attached hydrogen (secondary N) is 1. The number of hydrogen-bond acceptors (Lipinski definition) is 4. The fourth-order valence-electron chi connectivity index (χ4n) is 1.60. The van der Waals surface area contributed by atoms with Crippen LogP contribution in [0.15, 0.2) is 24.3 Å². The molecule has 0 aliphatic rings. The number of benzene rings is 1. The summed E-state index contributed by atoms with van der Waals surface area (Å²) in [5.74, 6) is -0.0678. The van der Waals surface area contributed by atoms with Crippen LogP contribution < -0.4 is 5.32 Å². The highest BCUT2D eigenvalue weighted by atomic mass is 35.5. The van der Waals surface area contributed by atoms with Crippen molar-refractivity contribution in [1.82, 2.24) is 9.97 Å². The van der Waals surface area contributed by atoms with Crippen molar-refractivity contribution in [2.24, 2.45) is 0 Å². The molecule has 0 amide bonds. The largest absolute Gasteiger partial charge is 0.378 e. The van der Waals surface area contributed by atoms with Gasteiger partial charge in [0.1, 0.15) is 11.0 Å². The molecule has 0 saturated carbocycles. The van der Waals surface area contributed by atoms with Crippen molar-refractivity contribution in [2.75, 3.05) is 12.4 Å². The van der Waals surface area contributed by atoms with Crippen molar-refractivity contribution >= 4 is 29.2 Å². The number of halogens is 3. The van der Waals surface area contributed by atoms with Gasteiger partial charge < -0.3 is 10.1 Å². The van der Waals surface area contributed by atoms with E-state index in [1.54, 1.807) is 25.3 Å². The summed E-state index contributed by atoms with van der Waals surface area (Å²) in [6.07, 6.45) is 0. The average molecular weight is 316 g/mol. The Morgan fingerprint density at radius 1 is 1.25 bits per heavy atom. The molecule has 7 heteroatoms. The molecule has 0 fully saturated rings. The maximum atomic E-state index is 13.0. The lowest BCUT2D eigenvalue weighted by atomic mass is 10.2. The molecule has 2 aromatic rings.